The van der Waals surface area contributed by atoms with Crippen LogP contribution in [-0.2, 0) is 16.6 Å². The average molecular weight is 447 g/mol. The third kappa shape index (κ3) is 5.47. The van der Waals surface area contributed by atoms with Crippen molar-refractivity contribution in [3.05, 3.63) is 70.8 Å². The van der Waals surface area contributed by atoms with Crippen LogP contribution in [0.25, 0.3) is 11.3 Å². The maximum atomic E-state index is 13.5. The van der Waals surface area contributed by atoms with Crippen LogP contribution in [0.5, 0.6) is 11.5 Å². The molecule has 0 amide bonds. The van der Waals surface area contributed by atoms with Crippen molar-refractivity contribution in [2.45, 2.75) is 18.4 Å². The fourth-order valence-corrected chi connectivity index (χ4v) is 4.08. The molecule has 0 bridgehead atoms. The summed E-state index contributed by atoms with van der Waals surface area (Å²) in [5.74, 6) is 0.0329. The molecule has 1 aromatic heterocycles. The summed E-state index contributed by atoms with van der Waals surface area (Å²) in [5.41, 5.74) is 0.955. The van der Waals surface area contributed by atoms with E-state index in [-0.39, 0.29) is 29.3 Å². The van der Waals surface area contributed by atoms with Crippen LogP contribution >= 0.6 is 0 Å². The third-order valence-corrected chi connectivity index (χ3v) is 5.84. The molecule has 8 nitrogen and oxygen atoms in total. The third-order valence-electron chi connectivity index (χ3n) is 4.36. The molecular weight excluding hydrogens is 425 g/mol. The van der Waals surface area contributed by atoms with Crippen molar-refractivity contribution in [1.29, 1.82) is 0 Å². The number of benzene rings is 2. The van der Waals surface area contributed by atoms with E-state index in [1.54, 1.807) is 18.2 Å². The first-order chi connectivity index (χ1) is 14.8. The van der Waals surface area contributed by atoms with Gasteiger partial charge in [-0.25, -0.2) is 22.2 Å². The van der Waals surface area contributed by atoms with E-state index in [1.807, 2.05) is 19.1 Å². The number of methoxy groups -OCH3 is 1. The van der Waals surface area contributed by atoms with E-state index in [9.17, 15) is 17.6 Å². The van der Waals surface area contributed by atoms with Gasteiger partial charge < -0.3 is 9.47 Å². The largest absolute Gasteiger partial charge is 0.495 e. The molecule has 2 aromatic carbocycles. The Bertz CT molecular complexity index is 1210. The molecular formula is C21H22FN3O5S. The van der Waals surface area contributed by atoms with Gasteiger partial charge in [-0.1, -0.05) is 0 Å². The second-order valence-corrected chi connectivity index (χ2v) is 8.17. The Balaban J connectivity index is 1.74. The highest BCUT2D eigenvalue weighted by Crippen LogP contribution is 2.24. The summed E-state index contributed by atoms with van der Waals surface area (Å²) in [4.78, 5) is 11.8. The number of nitrogens with zero attached hydrogens (tertiary/aromatic N) is 2. The second kappa shape index (κ2) is 9.71. The van der Waals surface area contributed by atoms with Gasteiger partial charge in [-0.3, -0.25) is 4.79 Å². The first kappa shape index (κ1) is 22.4. The van der Waals surface area contributed by atoms with Crippen molar-refractivity contribution in [3.8, 4) is 22.8 Å². The van der Waals surface area contributed by atoms with Gasteiger partial charge in [-0.15, -0.1) is 0 Å². The molecule has 0 aliphatic heterocycles. The highest BCUT2D eigenvalue weighted by molar-refractivity contribution is 7.89. The van der Waals surface area contributed by atoms with Crippen molar-refractivity contribution >= 4 is 10.0 Å². The maximum absolute atomic E-state index is 13.5. The van der Waals surface area contributed by atoms with Crippen LogP contribution in [0.4, 0.5) is 4.39 Å². The number of rotatable bonds is 9. The molecule has 31 heavy (non-hydrogen) atoms. The first-order valence-electron chi connectivity index (χ1n) is 9.48. The van der Waals surface area contributed by atoms with Crippen molar-refractivity contribution in [3.63, 3.8) is 0 Å². The van der Waals surface area contributed by atoms with E-state index in [0.29, 0.717) is 12.3 Å². The minimum atomic E-state index is -4.05. The lowest BCUT2D eigenvalue weighted by molar-refractivity contribution is 0.340. The molecule has 0 saturated heterocycles. The normalized spacial score (nSPS) is 11.3. The summed E-state index contributed by atoms with van der Waals surface area (Å²) in [7, 11) is -2.76. The summed E-state index contributed by atoms with van der Waals surface area (Å²) >= 11 is 0. The molecule has 0 saturated carbocycles. The number of hydrogen-bond donors (Lipinski definition) is 1. The van der Waals surface area contributed by atoms with Crippen LogP contribution in [0.2, 0.25) is 0 Å². The van der Waals surface area contributed by atoms with Gasteiger partial charge in [-0.2, -0.15) is 5.10 Å². The van der Waals surface area contributed by atoms with Gasteiger partial charge in [0.15, 0.2) is 0 Å². The fourth-order valence-electron chi connectivity index (χ4n) is 2.88. The zero-order valence-corrected chi connectivity index (χ0v) is 17.9. The number of halogens is 1. The first-order valence-corrected chi connectivity index (χ1v) is 11.0. The monoisotopic (exact) mass is 447 g/mol. The summed E-state index contributed by atoms with van der Waals surface area (Å²) in [6.07, 6.45) is 0. The summed E-state index contributed by atoms with van der Waals surface area (Å²) < 4.78 is 52.5. The smallest absolute Gasteiger partial charge is 0.266 e. The summed E-state index contributed by atoms with van der Waals surface area (Å²) in [6.45, 7) is 2.31. The van der Waals surface area contributed by atoms with Gasteiger partial charge >= 0.3 is 0 Å². The van der Waals surface area contributed by atoms with Crippen LogP contribution in [0.1, 0.15) is 6.92 Å². The summed E-state index contributed by atoms with van der Waals surface area (Å²) in [6, 6.07) is 13.4. The van der Waals surface area contributed by atoms with Crippen LogP contribution in [0.3, 0.4) is 0 Å². The van der Waals surface area contributed by atoms with Crippen molar-refractivity contribution in [2.75, 3.05) is 20.3 Å². The molecule has 3 aromatic rings. The van der Waals surface area contributed by atoms with Crippen LogP contribution in [-0.4, -0.2) is 38.5 Å². The van der Waals surface area contributed by atoms with Crippen molar-refractivity contribution in [2.24, 2.45) is 0 Å². The van der Waals surface area contributed by atoms with Gasteiger partial charge in [0.25, 0.3) is 5.56 Å². The predicted molar refractivity (Wildman–Crippen MR) is 113 cm³/mol. The molecule has 0 aliphatic carbocycles. The lowest BCUT2D eigenvalue weighted by atomic mass is 10.1. The zero-order valence-electron chi connectivity index (χ0n) is 17.0. The summed E-state index contributed by atoms with van der Waals surface area (Å²) in [5, 5.41) is 4.30. The van der Waals surface area contributed by atoms with Gasteiger partial charge in [0.1, 0.15) is 22.2 Å². The van der Waals surface area contributed by atoms with Gasteiger partial charge in [0, 0.05) is 18.2 Å². The molecule has 0 radical (unpaired) electrons. The lowest BCUT2D eigenvalue weighted by Gasteiger charge is -2.12. The minimum absolute atomic E-state index is 0.0133. The molecule has 1 N–H and O–H groups in total. The van der Waals surface area contributed by atoms with Gasteiger partial charge in [-0.05, 0) is 55.5 Å². The molecule has 0 fully saturated rings. The van der Waals surface area contributed by atoms with E-state index in [4.69, 9.17) is 9.47 Å². The van der Waals surface area contributed by atoms with Crippen molar-refractivity contribution in [1.82, 2.24) is 14.5 Å². The van der Waals surface area contributed by atoms with E-state index in [1.165, 1.54) is 19.2 Å². The van der Waals surface area contributed by atoms with Crippen LogP contribution in [0, 0.1) is 5.82 Å². The van der Waals surface area contributed by atoms with Crippen LogP contribution < -0.4 is 19.8 Å². The Labute approximate surface area is 179 Å². The fraction of sp³-hybridized carbons (Fsp3) is 0.238. The Morgan fingerprint density at radius 1 is 1.10 bits per heavy atom. The number of hydrogen-bond acceptors (Lipinski definition) is 6. The Morgan fingerprint density at radius 3 is 2.52 bits per heavy atom. The lowest BCUT2D eigenvalue weighted by Crippen LogP contribution is -2.32. The molecule has 0 spiro atoms. The van der Waals surface area contributed by atoms with E-state index in [2.05, 4.69) is 9.82 Å². The topological polar surface area (TPSA) is 99.5 Å². The number of ether oxygens (including phenoxy) is 2. The average Bonchev–Trinajstić information content (AvgIpc) is 2.76. The second-order valence-electron chi connectivity index (χ2n) is 6.43. The Kier molecular flexibility index (Phi) is 7.03. The molecule has 10 heteroatoms. The standard InChI is InChI=1S/C21H22FN3O5S/c1-3-30-17-7-4-15(5-8-17)18-9-11-21(26)25(24-18)13-12-23-31(27,28)20-14-16(22)6-10-19(20)29-2/h4-11,14,23H,3,12-13H2,1-2H3. The SMILES string of the molecule is CCOc1ccc(-c2ccc(=O)n(CCNS(=O)(=O)c3cc(F)ccc3OC)n2)cc1. The molecule has 0 atom stereocenters. The maximum Gasteiger partial charge on any atom is 0.266 e. The minimum Gasteiger partial charge on any atom is -0.495 e. The highest BCUT2D eigenvalue weighted by atomic mass is 32.2. The van der Waals surface area contributed by atoms with Crippen LogP contribution in [0.15, 0.2) is 64.3 Å². The quantitative estimate of drug-likeness (QED) is 0.541. The zero-order chi connectivity index (χ0) is 22.4. The van der Waals surface area contributed by atoms with E-state index in [0.717, 1.165) is 28.1 Å². The number of nitrogens with one attached hydrogen (secondary N) is 1. The van der Waals surface area contributed by atoms with E-state index < -0.39 is 15.8 Å². The predicted octanol–water partition coefficient (Wildman–Crippen LogP) is 2.44. The molecule has 0 aliphatic rings. The molecule has 3 rings (SSSR count). The van der Waals surface area contributed by atoms with E-state index >= 15 is 0 Å². The Morgan fingerprint density at radius 2 is 1.84 bits per heavy atom. The number of sulfonamides is 1. The van der Waals surface area contributed by atoms with Gasteiger partial charge in [0.2, 0.25) is 10.0 Å². The molecule has 164 valence electrons. The van der Waals surface area contributed by atoms with Crippen molar-refractivity contribution < 1.29 is 22.3 Å². The Hall–Kier alpha value is -3.24. The van der Waals surface area contributed by atoms with Gasteiger partial charge in [0.05, 0.1) is 26.0 Å². The molecule has 0 unspecified atom stereocenters. The molecule has 1 heterocycles. The highest BCUT2D eigenvalue weighted by Gasteiger charge is 2.20. The number of aromatic nitrogens is 2.